The van der Waals surface area contributed by atoms with E-state index in [2.05, 4.69) is 15.6 Å². The standard InChI is InChI=1S/C27H30N4O4S/c1-4-14-35-27(34)20(30-22-23(25(33)24(22)32)31(5-2)6-3)16-17-7-9-18(10-8-17)29-26-19-12-15-36-21(19)11-13-28-26/h7-13,15,20,30H,4-6,14,16H2,1-3H3,(H,28,29)/t20-/m0/s1. The van der Waals surface area contributed by atoms with Gasteiger partial charge in [-0.1, -0.05) is 19.1 Å². The number of esters is 1. The molecule has 2 aromatic heterocycles. The monoisotopic (exact) mass is 506 g/mol. The van der Waals surface area contributed by atoms with Crippen LogP contribution in [0.15, 0.2) is 57.6 Å². The van der Waals surface area contributed by atoms with Gasteiger partial charge >= 0.3 is 5.97 Å². The van der Waals surface area contributed by atoms with E-state index in [4.69, 9.17) is 4.74 Å². The highest BCUT2D eigenvalue weighted by Gasteiger charge is 2.29. The Hall–Kier alpha value is -3.72. The van der Waals surface area contributed by atoms with Gasteiger partial charge in [0.2, 0.25) is 0 Å². The molecule has 0 amide bonds. The molecule has 0 aliphatic heterocycles. The Labute approximate surface area is 213 Å². The van der Waals surface area contributed by atoms with E-state index in [0.29, 0.717) is 31.6 Å². The second-order valence-electron chi connectivity index (χ2n) is 8.44. The number of hydrogen-bond donors (Lipinski definition) is 2. The first-order valence-electron chi connectivity index (χ1n) is 12.2. The van der Waals surface area contributed by atoms with E-state index >= 15 is 0 Å². The molecule has 2 N–H and O–H groups in total. The van der Waals surface area contributed by atoms with E-state index in [1.54, 1.807) is 17.5 Å². The number of thiophene rings is 1. The molecule has 4 aromatic rings. The van der Waals surface area contributed by atoms with Gasteiger partial charge in [-0.25, -0.2) is 9.78 Å². The minimum Gasteiger partial charge on any atom is -0.464 e. The Balaban J connectivity index is 1.52. The second kappa shape index (κ2) is 11.3. The van der Waals surface area contributed by atoms with Crippen LogP contribution in [0, 0.1) is 0 Å². The van der Waals surface area contributed by atoms with Crippen LogP contribution < -0.4 is 26.4 Å². The molecule has 4 rings (SSSR count). The number of carbonyl (C=O) groups excluding carboxylic acids is 1. The average molecular weight is 507 g/mol. The normalized spacial score (nSPS) is 12.0. The zero-order valence-electron chi connectivity index (χ0n) is 20.7. The SMILES string of the molecule is CCCOC(=O)[C@H](Cc1ccc(Nc2nccc3sccc23)cc1)Nc1c(N(CC)CC)c(=O)c1=O. The van der Waals surface area contributed by atoms with E-state index < -0.39 is 22.9 Å². The maximum Gasteiger partial charge on any atom is 0.328 e. The first-order valence-corrected chi connectivity index (χ1v) is 13.0. The lowest BCUT2D eigenvalue weighted by Crippen LogP contribution is -2.46. The predicted octanol–water partition coefficient (Wildman–Crippen LogP) is 4.46. The molecule has 2 heterocycles. The summed E-state index contributed by atoms with van der Waals surface area (Å²) in [4.78, 5) is 43.7. The number of benzene rings is 1. The van der Waals surface area contributed by atoms with Crippen molar-refractivity contribution in [3.8, 4) is 0 Å². The van der Waals surface area contributed by atoms with Crippen LogP contribution in [0.2, 0.25) is 0 Å². The largest absolute Gasteiger partial charge is 0.464 e. The van der Waals surface area contributed by atoms with E-state index in [1.165, 1.54) is 0 Å². The number of aromatic nitrogens is 1. The van der Waals surface area contributed by atoms with Crippen molar-refractivity contribution >= 4 is 50.3 Å². The molecular weight excluding hydrogens is 476 g/mol. The van der Waals surface area contributed by atoms with Gasteiger partial charge in [-0.2, -0.15) is 0 Å². The van der Waals surface area contributed by atoms with Gasteiger partial charge in [-0.05, 0) is 55.5 Å². The first-order chi connectivity index (χ1) is 17.5. The van der Waals surface area contributed by atoms with Crippen LogP contribution in [0.1, 0.15) is 32.8 Å². The zero-order chi connectivity index (χ0) is 25.7. The molecule has 188 valence electrons. The van der Waals surface area contributed by atoms with Gasteiger partial charge in [0, 0.05) is 41.5 Å². The molecule has 0 saturated heterocycles. The molecule has 36 heavy (non-hydrogen) atoms. The molecule has 0 aliphatic carbocycles. The lowest BCUT2D eigenvalue weighted by Gasteiger charge is -2.27. The van der Waals surface area contributed by atoms with E-state index in [9.17, 15) is 14.4 Å². The number of nitrogens with zero attached hydrogens (tertiary/aromatic N) is 2. The molecule has 0 fully saturated rings. The molecule has 0 saturated carbocycles. The van der Waals surface area contributed by atoms with Crippen LogP contribution in [-0.2, 0) is 16.0 Å². The third kappa shape index (κ3) is 5.26. The third-order valence-corrected chi connectivity index (χ3v) is 6.93. The van der Waals surface area contributed by atoms with Gasteiger partial charge < -0.3 is 20.3 Å². The van der Waals surface area contributed by atoms with Gasteiger partial charge in [0.05, 0.1) is 6.61 Å². The van der Waals surface area contributed by atoms with Gasteiger partial charge in [-0.15, -0.1) is 11.3 Å². The topological polar surface area (TPSA) is 101 Å². The van der Waals surface area contributed by atoms with Crippen molar-refractivity contribution in [2.45, 2.75) is 39.7 Å². The van der Waals surface area contributed by atoms with Gasteiger partial charge in [0.25, 0.3) is 10.9 Å². The first kappa shape index (κ1) is 25.4. The summed E-state index contributed by atoms with van der Waals surface area (Å²) < 4.78 is 6.55. The molecule has 0 radical (unpaired) electrons. The van der Waals surface area contributed by atoms with E-state index in [1.807, 2.05) is 67.4 Å². The molecule has 9 heteroatoms. The number of anilines is 4. The summed E-state index contributed by atoms with van der Waals surface area (Å²) >= 11 is 1.66. The van der Waals surface area contributed by atoms with Gasteiger partial charge in [-0.3, -0.25) is 9.59 Å². The smallest absolute Gasteiger partial charge is 0.328 e. The molecule has 8 nitrogen and oxygen atoms in total. The molecule has 0 spiro atoms. The van der Waals surface area contributed by atoms with Crippen molar-refractivity contribution in [3.63, 3.8) is 0 Å². The minimum absolute atomic E-state index is 0.190. The van der Waals surface area contributed by atoms with Crippen molar-refractivity contribution in [1.29, 1.82) is 0 Å². The highest BCUT2D eigenvalue weighted by Crippen LogP contribution is 2.28. The van der Waals surface area contributed by atoms with E-state index in [-0.39, 0.29) is 12.3 Å². The minimum atomic E-state index is -0.797. The summed E-state index contributed by atoms with van der Waals surface area (Å²) in [7, 11) is 0. The summed E-state index contributed by atoms with van der Waals surface area (Å²) in [5.41, 5.74) is 1.17. The highest BCUT2D eigenvalue weighted by atomic mass is 32.1. The fourth-order valence-corrected chi connectivity index (χ4v) is 4.90. The fraction of sp³-hybridized carbons (Fsp3) is 0.333. The van der Waals surface area contributed by atoms with Crippen LogP contribution in [0.4, 0.5) is 22.9 Å². The van der Waals surface area contributed by atoms with Crippen molar-refractivity contribution in [1.82, 2.24) is 4.98 Å². The number of pyridine rings is 1. The maximum atomic E-state index is 12.9. The number of carbonyl (C=O) groups is 1. The maximum absolute atomic E-state index is 12.9. The molecule has 0 aliphatic rings. The number of rotatable bonds is 12. The quantitative estimate of drug-likeness (QED) is 0.215. The summed E-state index contributed by atoms with van der Waals surface area (Å²) in [6.07, 6.45) is 2.77. The summed E-state index contributed by atoms with van der Waals surface area (Å²) in [5, 5.41) is 9.48. The lowest BCUT2D eigenvalue weighted by molar-refractivity contribution is -0.144. The summed E-state index contributed by atoms with van der Waals surface area (Å²) in [5.74, 6) is 0.333. The number of nitrogens with one attached hydrogen (secondary N) is 2. The molecule has 2 aromatic carbocycles. The average Bonchev–Trinajstić information content (AvgIpc) is 3.39. The highest BCUT2D eigenvalue weighted by molar-refractivity contribution is 7.17. The molecule has 0 bridgehead atoms. The van der Waals surface area contributed by atoms with Crippen molar-refractivity contribution in [2.75, 3.05) is 35.2 Å². The number of fused-ring (bicyclic) bond motifs is 1. The molecule has 1 atom stereocenters. The van der Waals surface area contributed by atoms with Gasteiger partial charge in [0.15, 0.2) is 0 Å². The Kier molecular flexibility index (Phi) is 8.00. The zero-order valence-corrected chi connectivity index (χ0v) is 21.5. The Bertz CT molecular complexity index is 1400. The van der Waals surface area contributed by atoms with Crippen LogP contribution in [0.25, 0.3) is 10.1 Å². The number of hydrogen-bond acceptors (Lipinski definition) is 9. The van der Waals surface area contributed by atoms with Crippen LogP contribution in [0.3, 0.4) is 0 Å². The summed E-state index contributed by atoms with van der Waals surface area (Å²) in [6.45, 7) is 7.22. The molecular formula is C27H30N4O4S. The van der Waals surface area contributed by atoms with E-state index in [0.717, 1.165) is 27.2 Å². The summed E-state index contributed by atoms with van der Waals surface area (Å²) in [6, 6.07) is 10.9. The van der Waals surface area contributed by atoms with Crippen LogP contribution >= 0.6 is 11.3 Å². The predicted molar refractivity (Wildman–Crippen MR) is 147 cm³/mol. The van der Waals surface area contributed by atoms with Crippen molar-refractivity contribution < 1.29 is 9.53 Å². The third-order valence-electron chi connectivity index (χ3n) is 6.05. The van der Waals surface area contributed by atoms with Gasteiger partial charge in [0.1, 0.15) is 23.2 Å². The number of ether oxygens (including phenoxy) is 1. The Morgan fingerprint density at radius 1 is 1.06 bits per heavy atom. The Morgan fingerprint density at radius 2 is 1.81 bits per heavy atom. The van der Waals surface area contributed by atoms with Crippen LogP contribution in [0.5, 0.6) is 0 Å². The van der Waals surface area contributed by atoms with Crippen molar-refractivity contribution in [2.24, 2.45) is 0 Å². The van der Waals surface area contributed by atoms with Crippen molar-refractivity contribution in [3.05, 3.63) is 74.0 Å². The fourth-order valence-electron chi connectivity index (χ4n) is 4.12. The lowest BCUT2D eigenvalue weighted by atomic mass is 10.0. The Morgan fingerprint density at radius 3 is 2.50 bits per heavy atom. The van der Waals surface area contributed by atoms with Crippen LogP contribution in [-0.4, -0.2) is 36.7 Å². The second-order valence-corrected chi connectivity index (χ2v) is 9.38. The molecule has 0 unspecified atom stereocenters.